The number of carbonyl (C=O) groups is 2. The zero-order valence-electron chi connectivity index (χ0n) is 11.7. The minimum absolute atomic E-state index is 0.0276. The number of aromatic nitrogens is 1. The van der Waals surface area contributed by atoms with Crippen LogP contribution in [-0.2, 0) is 4.79 Å². The molecule has 1 aliphatic rings. The molecule has 4 N–H and O–H groups in total. The van der Waals surface area contributed by atoms with Crippen molar-refractivity contribution >= 4 is 28.4 Å². The Labute approximate surface area is 122 Å². The predicted molar refractivity (Wildman–Crippen MR) is 80.9 cm³/mol. The van der Waals surface area contributed by atoms with E-state index in [-0.39, 0.29) is 18.4 Å². The van der Waals surface area contributed by atoms with E-state index >= 15 is 0 Å². The average Bonchev–Trinajstić information content (AvgIpc) is 3.13. The first-order valence-corrected chi connectivity index (χ1v) is 7.08. The molecule has 1 aromatic carbocycles. The molecule has 0 unspecified atom stereocenters. The van der Waals surface area contributed by atoms with Crippen LogP contribution in [-0.4, -0.2) is 41.3 Å². The van der Waals surface area contributed by atoms with Gasteiger partial charge in [0, 0.05) is 35.9 Å². The summed E-state index contributed by atoms with van der Waals surface area (Å²) in [6, 6.07) is 5.36. The molecular formula is C15H18N4O2. The summed E-state index contributed by atoms with van der Waals surface area (Å²) in [6.45, 7) is 1.62. The maximum absolute atomic E-state index is 12.2. The van der Waals surface area contributed by atoms with Crippen molar-refractivity contribution in [3.8, 4) is 0 Å². The average molecular weight is 286 g/mol. The van der Waals surface area contributed by atoms with Gasteiger partial charge in [0.05, 0.1) is 12.1 Å². The van der Waals surface area contributed by atoms with Gasteiger partial charge < -0.3 is 20.9 Å². The normalized spacial score (nSPS) is 14.6. The monoisotopic (exact) mass is 286 g/mol. The molecule has 2 aromatic rings. The second kappa shape index (κ2) is 5.47. The molecule has 0 radical (unpaired) electrons. The van der Waals surface area contributed by atoms with Crippen molar-refractivity contribution in [1.29, 1.82) is 0 Å². The molecule has 1 aromatic heterocycles. The van der Waals surface area contributed by atoms with Gasteiger partial charge in [0.15, 0.2) is 0 Å². The molecule has 6 heteroatoms. The summed E-state index contributed by atoms with van der Waals surface area (Å²) < 4.78 is 0. The second-order valence-electron chi connectivity index (χ2n) is 5.28. The maximum Gasteiger partial charge on any atom is 0.253 e. The maximum atomic E-state index is 12.2. The number of rotatable bonds is 3. The van der Waals surface area contributed by atoms with Crippen LogP contribution in [0, 0.1) is 0 Å². The lowest BCUT2D eigenvalue weighted by Crippen LogP contribution is -2.38. The number of amides is 2. The van der Waals surface area contributed by atoms with Gasteiger partial charge >= 0.3 is 0 Å². The molecule has 2 heterocycles. The van der Waals surface area contributed by atoms with Crippen molar-refractivity contribution in [3.05, 3.63) is 30.0 Å². The summed E-state index contributed by atoms with van der Waals surface area (Å²) in [5.74, 6) is -0.292. The number of anilines is 1. The summed E-state index contributed by atoms with van der Waals surface area (Å²) in [7, 11) is 0. The standard InChI is InChI=1S/C15H18N4O2/c16-10-3-4-13-11(7-10)12(8-17-13)15(21)18-9-14(20)19-5-1-2-6-19/h3-4,7-8,17H,1-2,5-6,9,16H2,(H,18,21). The molecule has 0 saturated carbocycles. The van der Waals surface area contributed by atoms with E-state index in [1.54, 1.807) is 23.2 Å². The quantitative estimate of drug-likeness (QED) is 0.738. The number of aromatic amines is 1. The summed E-state index contributed by atoms with van der Waals surface area (Å²) in [6.07, 6.45) is 3.72. The topological polar surface area (TPSA) is 91.2 Å². The molecule has 0 aliphatic carbocycles. The van der Waals surface area contributed by atoms with Gasteiger partial charge in [-0.2, -0.15) is 0 Å². The smallest absolute Gasteiger partial charge is 0.253 e. The number of nitrogens with one attached hydrogen (secondary N) is 2. The van der Waals surface area contributed by atoms with Crippen LogP contribution in [0.15, 0.2) is 24.4 Å². The van der Waals surface area contributed by atoms with Crippen molar-refractivity contribution in [1.82, 2.24) is 15.2 Å². The Kier molecular flexibility index (Phi) is 3.51. The number of nitrogen functional groups attached to an aromatic ring is 1. The molecule has 0 atom stereocenters. The van der Waals surface area contributed by atoms with Gasteiger partial charge in [-0.1, -0.05) is 0 Å². The largest absolute Gasteiger partial charge is 0.399 e. The van der Waals surface area contributed by atoms with Crippen molar-refractivity contribution in [2.75, 3.05) is 25.4 Å². The van der Waals surface area contributed by atoms with Crippen molar-refractivity contribution in [3.63, 3.8) is 0 Å². The molecular weight excluding hydrogens is 268 g/mol. The number of H-pyrrole nitrogens is 1. The highest BCUT2D eigenvalue weighted by atomic mass is 16.2. The Morgan fingerprint density at radius 2 is 2.05 bits per heavy atom. The van der Waals surface area contributed by atoms with Crippen LogP contribution >= 0.6 is 0 Å². The number of fused-ring (bicyclic) bond motifs is 1. The predicted octanol–water partition coefficient (Wildman–Crippen LogP) is 1.10. The zero-order chi connectivity index (χ0) is 14.8. The highest BCUT2D eigenvalue weighted by molar-refractivity contribution is 6.08. The Bertz CT molecular complexity index is 686. The van der Waals surface area contributed by atoms with Gasteiger partial charge in [0.1, 0.15) is 0 Å². The Hall–Kier alpha value is -2.50. The van der Waals surface area contributed by atoms with Gasteiger partial charge in [0.2, 0.25) is 5.91 Å². The van der Waals surface area contributed by atoms with Crippen molar-refractivity contribution < 1.29 is 9.59 Å². The molecule has 1 aliphatic heterocycles. The fourth-order valence-corrected chi connectivity index (χ4v) is 2.66. The van der Waals surface area contributed by atoms with Gasteiger partial charge in [-0.05, 0) is 31.0 Å². The molecule has 1 fully saturated rings. The lowest BCUT2D eigenvalue weighted by Gasteiger charge is -2.15. The number of likely N-dealkylation sites (tertiary alicyclic amines) is 1. The second-order valence-corrected chi connectivity index (χ2v) is 5.28. The molecule has 0 bridgehead atoms. The highest BCUT2D eigenvalue weighted by Gasteiger charge is 2.19. The van der Waals surface area contributed by atoms with Crippen LogP contribution in [0.2, 0.25) is 0 Å². The molecule has 1 saturated heterocycles. The van der Waals surface area contributed by atoms with Crippen LogP contribution in [0.25, 0.3) is 10.9 Å². The van der Waals surface area contributed by atoms with E-state index in [0.717, 1.165) is 36.8 Å². The minimum atomic E-state index is -0.264. The third-order valence-electron chi connectivity index (χ3n) is 3.81. The van der Waals surface area contributed by atoms with Gasteiger partial charge in [-0.3, -0.25) is 9.59 Å². The van der Waals surface area contributed by atoms with E-state index in [2.05, 4.69) is 10.3 Å². The van der Waals surface area contributed by atoms with E-state index in [4.69, 9.17) is 5.73 Å². The molecule has 21 heavy (non-hydrogen) atoms. The van der Waals surface area contributed by atoms with Crippen LogP contribution < -0.4 is 11.1 Å². The molecule has 3 rings (SSSR count). The van der Waals surface area contributed by atoms with E-state index in [1.165, 1.54) is 0 Å². The number of hydrogen-bond acceptors (Lipinski definition) is 3. The molecule has 110 valence electrons. The lowest BCUT2D eigenvalue weighted by molar-refractivity contribution is -0.129. The Balaban J connectivity index is 1.69. The first kappa shape index (κ1) is 13.5. The van der Waals surface area contributed by atoms with Gasteiger partial charge in [0.25, 0.3) is 5.91 Å². The summed E-state index contributed by atoms with van der Waals surface area (Å²) >= 11 is 0. The van der Waals surface area contributed by atoms with E-state index < -0.39 is 0 Å². The van der Waals surface area contributed by atoms with E-state index in [9.17, 15) is 9.59 Å². The van der Waals surface area contributed by atoms with Crippen LogP contribution in [0.4, 0.5) is 5.69 Å². The number of nitrogens with two attached hydrogens (primary N) is 1. The third kappa shape index (κ3) is 2.69. The molecule has 0 spiro atoms. The number of benzene rings is 1. The third-order valence-corrected chi connectivity index (χ3v) is 3.81. The Morgan fingerprint density at radius 3 is 2.81 bits per heavy atom. The summed E-state index contributed by atoms with van der Waals surface area (Å²) in [5, 5.41) is 3.45. The van der Waals surface area contributed by atoms with E-state index in [1.807, 2.05) is 6.07 Å². The summed E-state index contributed by atoms with van der Waals surface area (Å²) in [4.78, 5) is 28.9. The van der Waals surface area contributed by atoms with Crippen molar-refractivity contribution in [2.24, 2.45) is 0 Å². The van der Waals surface area contributed by atoms with Crippen LogP contribution in [0.5, 0.6) is 0 Å². The fourth-order valence-electron chi connectivity index (χ4n) is 2.66. The zero-order valence-corrected chi connectivity index (χ0v) is 11.7. The summed E-state index contributed by atoms with van der Waals surface area (Å²) in [5.41, 5.74) is 7.71. The molecule has 6 nitrogen and oxygen atoms in total. The van der Waals surface area contributed by atoms with Crippen molar-refractivity contribution in [2.45, 2.75) is 12.8 Å². The van der Waals surface area contributed by atoms with Gasteiger partial charge in [-0.15, -0.1) is 0 Å². The Morgan fingerprint density at radius 1 is 1.29 bits per heavy atom. The van der Waals surface area contributed by atoms with Gasteiger partial charge in [-0.25, -0.2) is 0 Å². The number of nitrogens with zero attached hydrogens (tertiary/aromatic N) is 1. The lowest BCUT2D eigenvalue weighted by atomic mass is 10.1. The first-order valence-electron chi connectivity index (χ1n) is 7.08. The van der Waals surface area contributed by atoms with E-state index in [0.29, 0.717) is 11.3 Å². The molecule has 2 amide bonds. The number of carbonyl (C=O) groups excluding carboxylic acids is 2. The first-order chi connectivity index (χ1) is 10.1. The minimum Gasteiger partial charge on any atom is -0.399 e. The fraction of sp³-hybridized carbons (Fsp3) is 0.333. The van der Waals surface area contributed by atoms with Crippen LogP contribution in [0.1, 0.15) is 23.2 Å². The van der Waals surface area contributed by atoms with Crippen LogP contribution in [0.3, 0.4) is 0 Å². The SMILES string of the molecule is Nc1ccc2[nH]cc(C(=O)NCC(=O)N3CCCC3)c2c1. The number of hydrogen-bond donors (Lipinski definition) is 3. The highest BCUT2D eigenvalue weighted by Crippen LogP contribution is 2.20.